The minimum atomic E-state index is -4.61. The molecule has 0 aliphatic rings. The molecule has 5 aromatic rings. The Morgan fingerprint density at radius 3 is 2.45 bits per heavy atom. The van der Waals surface area contributed by atoms with Gasteiger partial charge in [0.2, 0.25) is 0 Å². The van der Waals surface area contributed by atoms with Gasteiger partial charge < -0.3 is 0 Å². The number of halogens is 4. The molecule has 164 valence electrons. The number of aromatic nitrogens is 5. The number of benzene rings is 1. The number of hydrogen-bond donors (Lipinski definition) is 0. The SMILES string of the molecule is Cn1cc(-c2cncc(-c3cc(-c4cc(C(F)(F)F)ccc4F)nc4ncccc34)c2)cn1. The van der Waals surface area contributed by atoms with Crippen LogP contribution in [-0.2, 0) is 13.2 Å². The minimum absolute atomic E-state index is 0.0478. The molecule has 9 heteroatoms. The molecule has 4 heterocycles. The van der Waals surface area contributed by atoms with Gasteiger partial charge in [-0.2, -0.15) is 18.3 Å². The Kier molecular flexibility index (Phi) is 4.88. The Morgan fingerprint density at radius 1 is 0.879 bits per heavy atom. The van der Waals surface area contributed by atoms with Crippen LogP contribution in [0.3, 0.4) is 0 Å². The minimum Gasteiger partial charge on any atom is -0.275 e. The molecule has 0 saturated carbocycles. The van der Waals surface area contributed by atoms with Gasteiger partial charge in [-0.05, 0) is 48.0 Å². The van der Waals surface area contributed by atoms with Gasteiger partial charge in [-0.25, -0.2) is 14.4 Å². The molecule has 0 bridgehead atoms. The van der Waals surface area contributed by atoms with Crippen LogP contribution in [0.15, 0.2) is 73.4 Å². The molecular formula is C24H15F4N5. The van der Waals surface area contributed by atoms with Gasteiger partial charge in [0.15, 0.2) is 5.65 Å². The van der Waals surface area contributed by atoms with Gasteiger partial charge in [-0.3, -0.25) is 9.67 Å². The fourth-order valence-electron chi connectivity index (χ4n) is 3.65. The summed E-state index contributed by atoms with van der Waals surface area (Å²) in [5.74, 6) is -0.807. The van der Waals surface area contributed by atoms with Gasteiger partial charge in [-0.15, -0.1) is 0 Å². The van der Waals surface area contributed by atoms with E-state index in [-0.39, 0.29) is 16.9 Å². The number of aryl methyl sites for hydroxylation is 1. The molecule has 33 heavy (non-hydrogen) atoms. The molecule has 5 rings (SSSR count). The number of pyridine rings is 3. The van der Waals surface area contributed by atoms with E-state index in [2.05, 4.69) is 20.1 Å². The molecule has 5 nitrogen and oxygen atoms in total. The molecule has 0 spiro atoms. The van der Waals surface area contributed by atoms with Crippen LogP contribution in [0.5, 0.6) is 0 Å². The van der Waals surface area contributed by atoms with Gasteiger partial charge in [0.25, 0.3) is 0 Å². The van der Waals surface area contributed by atoms with Gasteiger partial charge in [0.1, 0.15) is 5.82 Å². The first-order valence-electron chi connectivity index (χ1n) is 9.87. The zero-order valence-corrected chi connectivity index (χ0v) is 17.2. The van der Waals surface area contributed by atoms with Gasteiger partial charge in [0.05, 0.1) is 17.5 Å². The summed E-state index contributed by atoms with van der Waals surface area (Å²) in [4.78, 5) is 12.9. The first kappa shape index (κ1) is 20.7. The van der Waals surface area contributed by atoms with E-state index in [4.69, 9.17) is 0 Å². The molecule has 0 aliphatic carbocycles. The van der Waals surface area contributed by atoms with Crippen LogP contribution in [0.1, 0.15) is 5.56 Å². The third-order valence-corrected chi connectivity index (χ3v) is 5.24. The second kappa shape index (κ2) is 7.77. The van der Waals surface area contributed by atoms with Crippen molar-refractivity contribution in [3.05, 3.63) is 84.8 Å². The second-order valence-electron chi connectivity index (χ2n) is 7.49. The largest absolute Gasteiger partial charge is 0.416 e. The van der Waals surface area contributed by atoms with Crippen LogP contribution in [0.25, 0.3) is 44.5 Å². The van der Waals surface area contributed by atoms with E-state index >= 15 is 0 Å². The fourth-order valence-corrected chi connectivity index (χ4v) is 3.65. The van der Waals surface area contributed by atoms with Gasteiger partial charge in [0, 0.05) is 59.5 Å². The Bertz CT molecular complexity index is 1490. The van der Waals surface area contributed by atoms with Gasteiger partial charge >= 0.3 is 6.18 Å². The Balaban J connectivity index is 1.72. The summed E-state index contributed by atoms with van der Waals surface area (Å²) in [6.45, 7) is 0. The maximum atomic E-state index is 14.6. The van der Waals surface area contributed by atoms with Crippen LogP contribution in [0.2, 0.25) is 0 Å². The second-order valence-corrected chi connectivity index (χ2v) is 7.49. The van der Waals surface area contributed by atoms with Gasteiger partial charge in [-0.1, -0.05) is 0 Å². The van der Waals surface area contributed by atoms with E-state index in [0.29, 0.717) is 22.6 Å². The maximum absolute atomic E-state index is 14.6. The van der Waals surface area contributed by atoms with E-state index in [9.17, 15) is 17.6 Å². The van der Waals surface area contributed by atoms with Crippen molar-refractivity contribution < 1.29 is 17.6 Å². The topological polar surface area (TPSA) is 56.5 Å². The zero-order valence-electron chi connectivity index (χ0n) is 17.2. The van der Waals surface area contributed by atoms with Crippen LogP contribution in [-0.4, -0.2) is 24.7 Å². The summed E-state index contributed by atoms with van der Waals surface area (Å²) >= 11 is 0. The molecule has 0 atom stereocenters. The molecule has 0 radical (unpaired) electrons. The molecule has 0 saturated heterocycles. The average Bonchev–Trinajstić information content (AvgIpc) is 3.24. The van der Waals surface area contributed by atoms with Crippen molar-refractivity contribution in [1.82, 2.24) is 24.7 Å². The fraction of sp³-hybridized carbons (Fsp3) is 0.0833. The summed E-state index contributed by atoms with van der Waals surface area (Å²) in [5, 5.41) is 4.84. The Labute approximate surface area is 185 Å². The van der Waals surface area contributed by atoms with E-state index in [1.54, 1.807) is 48.5 Å². The molecular weight excluding hydrogens is 434 g/mol. The van der Waals surface area contributed by atoms with Crippen molar-refractivity contribution in [3.63, 3.8) is 0 Å². The van der Waals surface area contributed by atoms with Crippen molar-refractivity contribution in [2.45, 2.75) is 6.18 Å². The first-order valence-corrected chi connectivity index (χ1v) is 9.87. The maximum Gasteiger partial charge on any atom is 0.416 e. The third-order valence-electron chi connectivity index (χ3n) is 5.24. The van der Waals surface area contributed by atoms with E-state index in [1.807, 2.05) is 12.3 Å². The number of alkyl halides is 3. The van der Waals surface area contributed by atoms with Crippen LogP contribution in [0.4, 0.5) is 17.6 Å². The Hall–Kier alpha value is -4.14. The van der Waals surface area contributed by atoms with E-state index < -0.39 is 17.6 Å². The lowest BCUT2D eigenvalue weighted by Crippen LogP contribution is -2.05. The quantitative estimate of drug-likeness (QED) is 0.321. The van der Waals surface area contributed by atoms with Crippen molar-refractivity contribution >= 4 is 11.0 Å². The number of hydrogen-bond acceptors (Lipinski definition) is 4. The van der Waals surface area contributed by atoms with E-state index in [0.717, 1.165) is 23.3 Å². The summed E-state index contributed by atoms with van der Waals surface area (Å²) in [6, 6.07) is 9.25. The molecule has 1 aromatic carbocycles. The lowest BCUT2D eigenvalue weighted by atomic mass is 9.98. The summed E-state index contributed by atoms with van der Waals surface area (Å²) in [5.41, 5.74) is 2.09. The number of fused-ring (bicyclic) bond motifs is 1. The lowest BCUT2D eigenvalue weighted by molar-refractivity contribution is -0.137. The zero-order chi connectivity index (χ0) is 23.2. The highest BCUT2D eigenvalue weighted by Crippen LogP contribution is 2.36. The van der Waals surface area contributed by atoms with Crippen molar-refractivity contribution in [3.8, 4) is 33.5 Å². The van der Waals surface area contributed by atoms with Crippen molar-refractivity contribution in [2.24, 2.45) is 7.05 Å². The predicted molar refractivity (Wildman–Crippen MR) is 115 cm³/mol. The smallest absolute Gasteiger partial charge is 0.275 e. The van der Waals surface area contributed by atoms with Crippen LogP contribution in [0, 0.1) is 5.82 Å². The highest BCUT2D eigenvalue weighted by Gasteiger charge is 2.31. The van der Waals surface area contributed by atoms with Crippen LogP contribution >= 0.6 is 0 Å². The lowest BCUT2D eigenvalue weighted by Gasteiger charge is -2.13. The summed E-state index contributed by atoms with van der Waals surface area (Å²) in [7, 11) is 1.80. The predicted octanol–water partition coefficient (Wildman–Crippen LogP) is 5.92. The highest BCUT2D eigenvalue weighted by atomic mass is 19.4. The summed E-state index contributed by atoms with van der Waals surface area (Å²) in [6.07, 6.45) is 3.79. The van der Waals surface area contributed by atoms with Crippen molar-refractivity contribution in [2.75, 3.05) is 0 Å². The molecule has 0 amide bonds. The molecule has 0 fully saturated rings. The standard InChI is InChI=1S/C24H15F4N5/c1-33-13-16(12-31-33)14-7-15(11-29-10-14)19-9-22(32-23-18(19)3-2-6-30-23)20-8-17(24(26,27)28)4-5-21(20)25/h2-13H,1H3. The molecule has 0 aliphatic heterocycles. The first-order chi connectivity index (χ1) is 15.8. The van der Waals surface area contributed by atoms with Crippen LogP contribution < -0.4 is 0 Å². The molecule has 0 N–H and O–H groups in total. The monoisotopic (exact) mass is 449 g/mol. The average molecular weight is 449 g/mol. The van der Waals surface area contributed by atoms with Crippen molar-refractivity contribution in [1.29, 1.82) is 0 Å². The van der Waals surface area contributed by atoms with E-state index in [1.165, 1.54) is 6.20 Å². The number of rotatable bonds is 3. The Morgan fingerprint density at radius 2 is 1.70 bits per heavy atom. The highest BCUT2D eigenvalue weighted by molar-refractivity contribution is 5.95. The third kappa shape index (κ3) is 3.93. The summed E-state index contributed by atoms with van der Waals surface area (Å²) < 4.78 is 56.0. The molecule has 4 aromatic heterocycles. The number of nitrogens with zero attached hydrogens (tertiary/aromatic N) is 5. The molecule has 0 unspecified atom stereocenters. The normalized spacial score (nSPS) is 11.8.